The standard InChI is InChI=1S/C21H19NO2/c1-15(21(23)22-14-13-17-8-3-5-11-19(17)22)24-20-12-6-9-16-7-2-4-10-18(16)20/h2-12,15H,13-14H2,1H3/t15-/m0/s1. The number of hydrogen-bond donors (Lipinski definition) is 0. The predicted octanol–water partition coefficient (Wildman–Crippen LogP) is 4.20. The molecule has 0 radical (unpaired) electrons. The summed E-state index contributed by atoms with van der Waals surface area (Å²) in [6.45, 7) is 2.55. The molecule has 0 aromatic heterocycles. The number of para-hydroxylation sites is 1. The number of ether oxygens (including phenoxy) is 1. The quantitative estimate of drug-likeness (QED) is 0.724. The second-order valence-electron chi connectivity index (χ2n) is 6.11. The van der Waals surface area contributed by atoms with E-state index in [-0.39, 0.29) is 5.91 Å². The lowest BCUT2D eigenvalue weighted by Crippen LogP contribution is -2.39. The first-order chi connectivity index (χ1) is 11.7. The van der Waals surface area contributed by atoms with Crippen molar-refractivity contribution in [1.82, 2.24) is 0 Å². The molecule has 4 rings (SSSR count). The SMILES string of the molecule is C[C@H](Oc1cccc2ccccc12)C(=O)N1CCc2ccccc21. The van der Waals surface area contributed by atoms with E-state index in [1.165, 1.54) is 5.56 Å². The Labute approximate surface area is 141 Å². The van der Waals surface area contributed by atoms with Crippen LogP contribution in [-0.4, -0.2) is 18.6 Å². The van der Waals surface area contributed by atoms with E-state index in [4.69, 9.17) is 4.74 Å². The van der Waals surface area contributed by atoms with Gasteiger partial charge in [-0.25, -0.2) is 0 Å². The molecule has 0 spiro atoms. The molecule has 1 aliphatic heterocycles. The van der Waals surface area contributed by atoms with Crippen molar-refractivity contribution in [3.63, 3.8) is 0 Å². The van der Waals surface area contributed by atoms with E-state index in [9.17, 15) is 4.79 Å². The molecule has 0 saturated carbocycles. The van der Waals surface area contributed by atoms with Crippen LogP contribution in [0.1, 0.15) is 12.5 Å². The second kappa shape index (κ2) is 6.00. The maximum absolute atomic E-state index is 12.8. The van der Waals surface area contributed by atoms with Crippen LogP contribution in [0.4, 0.5) is 5.69 Å². The number of nitrogens with zero attached hydrogens (tertiary/aromatic N) is 1. The van der Waals surface area contributed by atoms with Gasteiger partial charge >= 0.3 is 0 Å². The average molecular weight is 317 g/mol. The molecule has 1 atom stereocenters. The minimum atomic E-state index is -0.526. The molecule has 1 heterocycles. The van der Waals surface area contributed by atoms with E-state index in [0.29, 0.717) is 0 Å². The highest BCUT2D eigenvalue weighted by Crippen LogP contribution is 2.30. The topological polar surface area (TPSA) is 29.5 Å². The highest BCUT2D eigenvalue weighted by molar-refractivity contribution is 5.98. The Morgan fingerprint density at radius 2 is 1.75 bits per heavy atom. The number of hydrogen-bond acceptors (Lipinski definition) is 2. The molecule has 1 amide bonds. The number of amides is 1. The number of anilines is 1. The van der Waals surface area contributed by atoms with Crippen molar-refractivity contribution in [2.75, 3.05) is 11.4 Å². The summed E-state index contributed by atoms with van der Waals surface area (Å²) in [5, 5.41) is 2.14. The van der Waals surface area contributed by atoms with Gasteiger partial charge in [-0.15, -0.1) is 0 Å². The van der Waals surface area contributed by atoms with E-state index in [1.54, 1.807) is 0 Å². The highest BCUT2D eigenvalue weighted by atomic mass is 16.5. The molecule has 3 aromatic rings. The molecule has 0 bridgehead atoms. The summed E-state index contributed by atoms with van der Waals surface area (Å²) >= 11 is 0. The third-order valence-corrected chi connectivity index (χ3v) is 4.55. The van der Waals surface area contributed by atoms with Crippen molar-refractivity contribution in [3.05, 3.63) is 72.3 Å². The van der Waals surface area contributed by atoms with Gasteiger partial charge in [0.15, 0.2) is 6.10 Å². The van der Waals surface area contributed by atoms with E-state index in [2.05, 4.69) is 6.07 Å². The van der Waals surface area contributed by atoms with Gasteiger partial charge in [0.25, 0.3) is 5.91 Å². The summed E-state index contributed by atoms with van der Waals surface area (Å²) < 4.78 is 6.03. The normalized spacial score (nSPS) is 14.5. The Kier molecular flexibility index (Phi) is 3.69. The Morgan fingerprint density at radius 3 is 2.67 bits per heavy atom. The molecule has 0 unspecified atom stereocenters. The molecule has 1 aliphatic rings. The third-order valence-electron chi connectivity index (χ3n) is 4.55. The van der Waals surface area contributed by atoms with Crippen LogP contribution in [0.25, 0.3) is 10.8 Å². The maximum atomic E-state index is 12.8. The highest BCUT2D eigenvalue weighted by Gasteiger charge is 2.28. The fraction of sp³-hybridized carbons (Fsp3) is 0.190. The lowest BCUT2D eigenvalue weighted by atomic mass is 10.1. The Bertz CT molecular complexity index is 898. The van der Waals surface area contributed by atoms with Gasteiger partial charge < -0.3 is 9.64 Å². The lowest BCUT2D eigenvalue weighted by Gasteiger charge is -2.23. The van der Waals surface area contributed by atoms with Crippen LogP contribution in [0.5, 0.6) is 5.75 Å². The minimum Gasteiger partial charge on any atom is -0.480 e. The second-order valence-corrected chi connectivity index (χ2v) is 6.11. The first-order valence-electron chi connectivity index (χ1n) is 8.28. The zero-order chi connectivity index (χ0) is 16.5. The Hall–Kier alpha value is -2.81. The molecule has 3 aromatic carbocycles. The van der Waals surface area contributed by atoms with Crippen LogP contribution in [0.3, 0.4) is 0 Å². The summed E-state index contributed by atoms with van der Waals surface area (Å²) in [5.74, 6) is 0.759. The molecule has 3 heteroatoms. The van der Waals surface area contributed by atoms with Crippen molar-refractivity contribution in [1.29, 1.82) is 0 Å². The van der Waals surface area contributed by atoms with Crippen LogP contribution < -0.4 is 9.64 Å². The molecule has 0 fully saturated rings. The molecular formula is C21H19NO2. The molecule has 120 valence electrons. The first-order valence-corrected chi connectivity index (χ1v) is 8.28. The molecular weight excluding hydrogens is 298 g/mol. The van der Waals surface area contributed by atoms with E-state index in [0.717, 1.165) is 35.2 Å². The Morgan fingerprint density at radius 1 is 1.00 bits per heavy atom. The number of carbonyl (C=O) groups excluding carboxylic acids is 1. The van der Waals surface area contributed by atoms with Crippen molar-refractivity contribution in [2.45, 2.75) is 19.4 Å². The van der Waals surface area contributed by atoms with Gasteiger partial charge in [-0.05, 0) is 36.4 Å². The van der Waals surface area contributed by atoms with Gasteiger partial charge in [0.1, 0.15) is 5.75 Å². The molecule has 0 aliphatic carbocycles. The maximum Gasteiger partial charge on any atom is 0.267 e. The summed E-state index contributed by atoms with van der Waals surface area (Å²) in [4.78, 5) is 14.7. The monoisotopic (exact) mass is 317 g/mol. The van der Waals surface area contributed by atoms with Gasteiger partial charge in [-0.3, -0.25) is 4.79 Å². The van der Waals surface area contributed by atoms with Crippen molar-refractivity contribution < 1.29 is 9.53 Å². The summed E-state index contributed by atoms with van der Waals surface area (Å²) in [6, 6.07) is 22.1. The third kappa shape index (κ3) is 2.52. The molecule has 0 N–H and O–H groups in total. The number of carbonyl (C=O) groups is 1. The van der Waals surface area contributed by atoms with Gasteiger partial charge in [0.2, 0.25) is 0 Å². The van der Waals surface area contributed by atoms with Crippen molar-refractivity contribution in [2.24, 2.45) is 0 Å². The van der Waals surface area contributed by atoms with Crippen molar-refractivity contribution >= 4 is 22.4 Å². The van der Waals surface area contributed by atoms with Gasteiger partial charge in [0, 0.05) is 17.6 Å². The van der Waals surface area contributed by atoms with Gasteiger partial charge in [-0.2, -0.15) is 0 Å². The zero-order valence-corrected chi connectivity index (χ0v) is 13.6. The van der Waals surface area contributed by atoms with Crippen LogP contribution in [-0.2, 0) is 11.2 Å². The molecule has 0 saturated heterocycles. The zero-order valence-electron chi connectivity index (χ0n) is 13.6. The number of fused-ring (bicyclic) bond motifs is 2. The van der Waals surface area contributed by atoms with Crippen LogP contribution in [0.2, 0.25) is 0 Å². The van der Waals surface area contributed by atoms with Gasteiger partial charge in [-0.1, -0.05) is 54.6 Å². The fourth-order valence-corrected chi connectivity index (χ4v) is 3.33. The van der Waals surface area contributed by atoms with Crippen LogP contribution >= 0.6 is 0 Å². The fourth-order valence-electron chi connectivity index (χ4n) is 3.33. The summed E-state index contributed by atoms with van der Waals surface area (Å²) in [5.41, 5.74) is 2.24. The molecule has 24 heavy (non-hydrogen) atoms. The molecule has 3 nitrogen and oxygen atoms in total. The smallest absolute Gasteiger partial charge is 0.267 e. The summed E-state index contributed by atoms with van der Waals surface area (Å²) in [6.07, 6.45) is 0.380. The van der Waals surface area contributed by atoms with Gasteiger partial charge in [0.05, 0.1) is 0 Å². The average Bonchev–Trinajstić information content (AvgIpc) is 3.05. The predicted molar refractivity (Wildman–Crippen MR) is 96.5 cm³/mol. The van der Waals surface area contributed by atoms with Crippen LogP contribution in [0.15, 0.2) is 66.7 Å². The van der Waals surface area contributed by atoms with E-state index in [1.807, 2.05) is 72.5 Å². The lowest BCUT2D eigenvalue weighted by molar-refractivity contribution is -0.124. The first kappa shape index (κ1) is 14.8. The summed E-state index contributed by atoms with van der Waals surface area (Å²) in [7, 11) is 0. The largest absolute Gasteiger partial charge is 0.480 e. The number of rotatable bonds is 3. The van der Waals surface area contributed by atoms with Crippen molar-refractivity contribution in [3.8, 4) is 5.75 Å². The minimum absolute atomic E-state index is 0.00730. The van der Waals surface area contributed by atoms with E-state index >= 15 is 0 Å². The van der Waals surface area contributed by atoms with E-state index < -0.39 is 6.10 Å². The van der Waals surface area contributed by atoms with Crippen LogP contribution in [0, 0.1) is 0 Å². The number of benzene rings is 3. The Balaban J connectivity index is 1.58.